The third-order valence-corrected chi connectivity index (χ3v) is 11.0. The first-order chi connectivity index (χ1) is 29.2. The Kier molecular flexibility index (Phi) is 10.5. The smallest absolute Gasteiger partial charge is 0.263 e. The number of carbonyl (C=O) groups excluding carboxylic acids is 8. The van der Waals surface area contributed by atoms with Gasteiger partial charge in [0.25, 0.3) is 47.3 Å². The first kappa shape index (κ1) is 39.2. The molecule has 0 fully saturated rings. The van der Waals surface area contributed by atoms with E-state index < -0.39 is 47.3 Å². The molecule has 19 rings (SSSR count). The van der Waals surface area contributed by atoms with Crippen LogP contribution in [0.25, 0.3) is 21.5 Å². The lowest BCUT2D eigenvalue weighted by Crippen LogP contribution is -2.45. The Labute approximate surface area is 340 Å². The van der Waals surface area contributed by atoms with Gasteiger partial charge in [0, 0.05) is 66.1 Å². The van der Waals surface area contributed by atoms with Crippen molar-refractivity contribution in [2.75, 3.05) is 92.6 Å². The molecular weight excluding hydrogens is 784 g/mol. The summed E-state index contributed by atoms with van der Waals surface area (Å²) in [6.45, 7) is -0.0584. The Balaban J connectivity index is 0.888. The summed E-state index contributed by atoms with van der Waals surface area (Å²) in [5.74, 6) is -4.84. The fraction of sp³-hybridized carbons (Fsp3) is 0.333. The van der Waals surface area contributed by atoms with Gasteiger partial charge in [0.1, 0.15) is 13.5 Å². The maximum atomic E-state index is 13.6. The van der Waals surface area contributed by atoms with Gasteiger partial charge in [-0.3, -0.25) is 48.2 Å². The second-order valence-corrected chi connectivity index (χ2v) is 14.3. The van der Waals surface area contributed by atoms with Crippen molar-refractivity contribution < 1.29 is 66.8 Å². The van der Waals surface area contributed by atoms with E-state index in [1.165, 1.54) is 48.5 Å². The van der Waals surface area contributed by atoms with Crippen molar-refractivity contribution in [2.45, 2.75) is 0 Å². The number of imide groups is 4. The third kappa shape index (κ3) is 6.44. The number of nitrogens with zero attached hydrogens (tertiary/aromatic N) is 4. The Hall–Kier alpha value is -6.28. The minimum atomic E-state index is -0.638. The molecule has 308 valence electrons. The SMILES string of the molecule is O=C1c2ccc3c4c5ccc(c24)C(=O)N1CCOCCOCCOCN1C(=O)c2ccc4c6c(ccc(c26)C1=O)C(=O)N(COCCOCCOCCN(C3=O)C5=O)C4=O. The van der Waals surface area contributed by atoms with Crippen molar-refractivity contribution in [3.05, 3.63) is 93.0 Å². The highest BCUT2D eigenvalue weighted by molar-refractivity contribution is 6.34. The van der Waals surface area contributed by atoms with Crippen molar-refractivity contribution in [1.29, 1.82) is 0 Å². The zero-order valence-corrected chi connectivity index (χ0v) is 32.0. The lowest BCUT2D eigenvalue weighted by atomic mass is 9.86. The van der Waals surface area contributed by atoms with Crippen LogP contribution in [0.15, 0.2) is 48.5 Å². The summed E-state index contributed by atoms with van der Waals surface area (Å²) in [7, 11) is 0. The van der Waals surface area contributed by atoms with Gasteiger partial charge in [0.15, 0.2) is 0 Å². The molecule has 4 aromatic carbocycles. The zero-order valence-electron chi connectivity index (χ0n) is 32.0. The van der Waals surface area contributed by atoms with E-state index in [2.05, 4.69) is 0 Å². The van der Waals surface area contributed by atoms with Gasteiger partial charge >= 0.3 is 0 Å². The molecule has 0 N–H and O–H groups in total. The molecule has 8 amide bonds. The van der Waals surface area contributed by atoms with E-state index in [0.29, 0.717) is 0 Å². The largest absolute Gasteiger partial charge is 0.377 e. The Morgan fingerprint density at radius 2 is 0.467 bits per heavy atom. The molecule has 16 bridgehead atoms. The average molecular weight is 821 g/mol. The van der Waals surface area contributed by atoms with Gasteiger partial charge in [-0.05, 0) is 48.5 Å². The standard InChI is InChI=1S/C42H36N4O14/c47-35-23-1-2-24-32-26-4-3-25(31(23)32)37(49)43(35)9-11-55-13-15-57-17-19-59-21-45-39(51)27-5-7-29-34-30(8-6-28(33(27)34)40(45)52)42(54)46(41(29)53)22-60-20-18-58-16-14-56-12-10-44(36(24)48)38(26)50/h1-8H,9-22H2. The molecule has 15 heterocycles. The van der Waals surface area contributed by atoms with Crippen LogP contribution in [0.4, 0.5) is 0 Å². The highest BCUT2D eigenvalue weighted by Crippen LogP contribution is 2.39. The summed E-state index contributed by atoms with van der Waals surface area (Å²) in [5.41, 5.74) is 1.38. The molecule has 0 saturated carbocycles. The first-order valence-electron chi connectivity index (χ1n) is 19.3. The second-order valence-electron chi connectivity index (χ2n) is 14.3. The summed E-state index contributed by atoms with van der Waals surface area (Å²) in [6.07, 6.45) is 0. The summed E-state index contributed by atoms with van der Waals surface area (Å²) >= 11 is 0. The first-order valence-corrected chi connectivity index (χ1v) is 19.3. The minimum absolute atomic E-state index is 0.0114. The lowest BCUT2D eigenvalue weighted by Gasteiger charge is -2.31. The molecule has 0 unspecified atom stereocenters. The Bertz CT molecular complexity index is 2080. The lowest BCUT2D eigenvalue weighted by molar-refractivity contribution is -0.0123. The summed E-state index contributed by atoms with van der Waals surface area (Å²) < 4.78 is 33.6. The fourth-order valence-electron chi connectivity index (χ4n) is 8.09. The van der Waals surface area contributed by atoms with Crippen LogP contribution in [0.5, 0.6) is 0 Å². The molecule has 18 nitrogen and oxygen atoms in total. The van der Waals surface area contributed by atoms with Gasteiger partial charge < -0.3 is 28.4 Å². The van der Waals surface area contributed by atoms with Crippen LogP contribution in [0.3, 0.4) is 0 Å². The van der Waals surface area contributed by atoms with Gasteiger partial charge in [-0.2, -0.15) is 0 Å². The number of carbonyl (C=O) groups is 8. The van der Waals surface area contributed by atoms with Crippen molar-refractivity contribution in [3.63, 3.8) is 0 Å². The monoisotopic (exact) mass is 820 g/mol. The molecule has 0 aliphatic carbocycles. The molecular formula is C42H36N4O14. The molecule has 15 aliphatic rings. The minimum Gasteiger partial charge on any atom is -0.377 e. The highest BCUT2D eigenvalue weighted by atomic mass is 16.6. The van der Waals surface area contributed by atoms with Gasteiger partial charge in [0.2, 0.25) is 0 Å². The van der Waals surface area contributed by atoms with Crippen molar-refractivity contribution in [3.8, 4) is 0 Å². The van der Waals surface area contributed by atoms with E-state index in [0.717, 1.165) is 19.6 Å². The van der Waals surface area contributed by atoms with Crippen LogP contribution in [0.2, 0.25) is 0 Å². The number of ether oxygens (including phenoxy) is 6. The molecule has 0 radical (unpaired) electrons. The van der Waals surface area contributed by atoms with Gasteiger partial charge in [-0.25, -0.2) is 9.80 Å². The van der Waals surface area contributed by atoms with Crippen molar-refractivity contribution in [1.82, 2.24) is 19.6 Å². The molecule has 4 aromatic rings. The van der Waals surface area contributed by atoms with Crippen molar-refractivity contribution in [2.24, 2.45) is 0 Å². The summed E-state index contributed by atoms with van der Waals surface area (Å²) in [6, 6.07) is 11.8. The predicted molar refractivity (Wildman–Crippen MR) is 205 cm³/mol. The van der Waals surface area contributed by atoms with E-state index in [1.54, 1.807) is 0 Å². The normalized spacial score (nSPS) is 20.1. The van der Waals surface area contributed by atoms with Gasteiger partial charge in [-0.1, -0.05) is 0 Å². The van der Waals surface area contributed by atoms with Crippen LogP contribution in [0.1, 0.15) is 82.9 Å². The van der Waals surface area contributed by atoms with E-state index in [1.807, 2.05) is 0 Å². The maximum Gasteiger partial charge on any atom is 0.263 e. The van der Waals surface area contributed by atoms with Crippen LogP contribution >= 0.6 is 0 Å². The third-order valence-electron chi connectivity index (χ3n) is 11.0. The molecule has 0 saturated heterocycles. The number of amides is 8. The fourth-order valence-corrected chi connectivity index (χ4v) is 8.09. The predicted octanol–water partition coefficient (Wildman–Crippen LogP) is 2.11. The molecule has 0 aromatic heterocycles. The molecule has 15 aliphatic heterocycles. The quantitative estimate of drug-likeness (QED) is 0.233. The summed E-state index contributed by atoms with van der Waals surface area (Å²) in [4.78, 5) is 113. The average Bonchev–Trinajstić information content (AvgIpc) is 3.25. The number of rotatable bonds is 0. The highest BCUT2D eigenvalue weighted by Gasteiger charge is 2.41. The number of benzene rings is 4. The summed E-state index contributed by atoms with van der Waals surface area (Å²) in [5, 5.41) is 0.972. The molecule has 60 heavy (non-hydrogen) atoms. The second kappa shape index (κ2) is 16.1. The topological polar surface area (TPSA) is 205 Å². The van der Waals surface area contributed by atoms with Crippen LogP contribution < -0.4 is 0 Å². The van der Waals surface area contributed by atoms with Gasteiger partial charge in [0.05, 0.1) is 79.2 Å². The number of hydrogen-bond acceptors (Lipinski definition) is 14. The van der Waals surface area contributed by atoms with Crippen LogP contribution in [0, 0.1) is 0 Å². The van der Waals surface area contributed by atoms with E-state index >= 15 is 0 Å². The molecule has 18 heteroatoms. The van der Waals surface area contributed by atoms with Crippen LogP contribution in [-0.2, 0) is 28.4 Å². The van der Waals surface area contributed by atoms with Gasteiger partial charge in [-0.15, -0.1) is 0 Å². The van der Waals surface area contributed by atoms with Crippen LogP contribution in [-0.4, -0.2) is 159 Å². The van der Waals surface area contributed by atoms with E-state index in [4.69, 9.17) is 28.4 Å². The zero-order chi connectivity index (χ0) is 41.7. The Morgan fingerprint density at radius 1 is 0.267 bits per heavy atom. The van der Waals surface area contributed by atoms with E-state index in [9.17, 15) is 38.4 Å². The number of hydrogen-bond donors (Lipinski definition) is 0. The Morgan fingerprint density at radius 3 is 0.717 bits per heavy atom. The molecule has 0 atom stereocenters. The van der Waals surface area contributed by atoms with Crippen molar-refractivity contribution >= 4 is 68.8 Å². The maximum absolute atomic E-state index is 13.6. The molecule has 0 spiro atoms. The van der Waals surface area contributed by atoms with E-state index in [-0.39, 0.29) is 159 Å².